The summed E-state index contributed by atoms with van der Waals surface area (Å²) in [4.78, 5) is 0.420. The number of nitrogens with one attached hydrogen (secondary N) is 1. The summed E-state index contributed by atoms with van der Waals surface area (Å²) in [5.41, 5.74) is 9.01. The summed E-state index contributed by atoms with van der Waals surface area (Å²) in [6.07, 6.45) is 6.62. The molecule has 1 aromatic rings. The molecular formula is C16H26N4S. The van der Waals surface area contributed by atoms with Crippen LogP contribution in [0.1, 0.15) is 63.3 Å². The largest absolute Gasteiger partial charge is 0.389 e. The topological polar surface area (TPSA) is 63.8 Å². The molecule has 0 saturated heterocycles. The van der Waals surface area contributed by atoms with Crippen molar-refractivity contribution in [2.24, 2.45) is 11.7 Å². The molecule has 0 bridgehead atoms. The van der Waals surface area contributed by atoms with E-state index in [4.69, 9.17) is 18.0 Å². The summed E-state index contributed by atoms with van der Waals surface area (Å²) < 4.78 is 0. The van der Waals surface area contributed by atoms with E-state index in [1.807, 2.05) is 0 Å². The Labute approximate surface area is 132 Å². The Balaban J connectivity index is 2.28. The van der Waals surface area contributed by atoms with Gasteiger partial charge >= 0.3 is 0 Å². The van der Waals surface area contributed by atoms with Crippen LogP contribution in [0.3, 0.4) is 0 Å². The number of aromatic nitrogens is 2. The molecule has 1 fully saturated rings. The highest BCUT2D eigenvalue weighted by Gasteiger charge is 2.22. The fourth-order valence-electron chi connectivity index (χ4n) is 3.14. The van der Waals surface area contributed by atoms with Gasteiger partial charge in [-0.15, -0.1) is 5.10 Å². The molecule has 21 heavy (non-hydrogen) atoms. The van der Waals surface area contributed by atoms with Crippen LogP contribution in [0.4, 0.5) is 5.82 Å². The van der Waals surface area contributed by atoms with Crippen LogP contribution in [-0.4, -0.2) is 21.2 Å². The Morgan fingerprint density at radius 2 is 1.86 bits per heavy atom. The van der Waals surface area contributed by atoms with Crippen molar-refractivity contribution in [3.8, 4) is 0 Å². The van der Waals surface area contributed by atoms with Crippen LogP contribution in [0.5, 0.6) is 0 Å². The maximum atomic E-state index is 5.97. The van der Waals surface area contributed by atoms with Gasteiger partial charge in [0.15, 0.2) is 5.82 Å². The third-order valence-electron chi connectivity index (χ3n) is 4.45. The highest BCUT2D eigenvalue weighted by atomic mass is 32.1. The van der Waals surface area contributed by atoms with E-state index in [2.05, 4.69) is 36.3 Å². The lowest BCUT2D eigenvalue weighted by Crippen LogP contribution is -2.28. The molecule has 3 N–H and O–H groups in total. The monoisotopic (exact) mass is 306 g/mol. The summed E-state index contributed by atoms with van der Waals surface area (Å²) in [6.45, 7) is 6.52. The van der Waals surface area contributed by atoms with Gasteiger partial charge in [0.2, 0.25) is 0 Å². The predicted molar refractivity (Wildman–Crippen MR) is 91.7 cm³/mol. The van der Waals surface area contributed by atoms with Crippen molar-refractivity contribution in [2.75, 3.05) is 5.32 Å². The lowest BCUT2D eigenvalue weighted by molar-refractivity contribution is 0.360. The average Bonchev–Trinajstić information content (AvgIpc) is 2.48. The first-order valence-electron chi connectivity index (χ1n) is 8.01. The van der Waals surface area contributed by atoms with Gasteiger partial charge in [0, 0.05) is 6.04 Å². The highest BCUT2D eigenvalue weighted by Crippen LogP contribution is 2.28. The Kier molecular flexibility index (Phi) is 5.51. The number of hydrogen-bond acceptors (Lipinski definition) is 4. The quantitative estimate of drug-likeness (QED) is 0.818. The number of rotatable bonds is 5. The minimum atomic E-state index is 0.420. The van der Waals surface area contributed by atoms with E-state index < -0.39 is 0 Å². The second kappa shape index (κ2) is 7.16. The van der Waals surface area contributed by atoms with Crippen LogP contribution in [-0.2, 0) is 12.8 Å². The van der Waals surface area contributed by atoms with Gasteiger partial charge in [-0.3, -0.25) is 0 Å². The minimum absolute atomic E-state index is 0.420. The second-order valence-corrected chi connectivity index (χ2v) is 6.46. The van der Waals surface area contributed by atoms with Crippen LogP contribution < -0.4 is 11.1 Å². The van der Waals surface area contributed by atoms with Gasteiger partial charge < -0.3 is 11.1 Å². The molecule has 0 unspecified atom stereocenters. The molecule has 1 heterocycles. The zero-order valence-corrected chi connectivity index (χ0v) is 14.1. The molecule has 1 aliphatic rings. The molecule has 1 aliphatic carbocycles. The van der Waals surface area contributed by atoms with Gasteiger partial charge in [-0.05, 0) is 50.0 Å². The summed E-state index contributed by atoms with van der Waals surface area (Å²) in [5.74, 6) is 1.61. The molecule has 5 heteroatoms. The lowest BCUT2D eigenvalue weighted by Gasteiger charge is -2.28. The van der Waals surface area contributed by atoms with Crippen LogP contribution in [0, 0.1) is 5.92 Å². The molecule has 0 amide bonds. The third-order valence-corrected chi connectivity index (χ3v) is 4.65. The number of aryl methyl sites for hydroxylation is 1. The molecule has 116 valence electrons. The second-order valence-electron chi connectivity index (χ2n) is 6.02. The third kappa shape index (κ3) is 3.70. The van der Waals surface area contributed by atoms with E-state index in [1.165, 1.54) is 25.7 Å². The van der Waals surface area contributed by atoms with Gasteiger partial charge in [0.25, 0.3) is 0 Å². The molecule has 0 atom stereocenters. The van der Waals surface area contributed by atoms with Gasteiger partial charge in [-0.25, -0.2) is 0 Å². The van der Waals surface area contributed by atoms with E-state index in [1.54, 1.807) is 0 Å². The zero-order chi connectivity index (χ0) is 15.4. The number of thiocarbonyl (C=S) groups is 1. The minimum Gasteiger partial charge on any atom is -0.389 e. The van der Waals surface area contributed by atoms with E-state index in [0.29, 0.717) is 11.0 Å². The summed E-state index contributed by atoms with van der Waals surface area (Å²) in [6, 6.07) is 0.459. The van der Waals surface area contributed by atoms with Crippen molar-refractivity contribution in [1.82, 2.24) is 10.2 Å². The van der Waals surface area contributed by atoms with Gasteiger partial charge in [-0.2, -0.15) is 5.10 Å². The molecule has 0 aromatic carbocycles. The summed E-state index contributed by atoms with van der Waals surface area (Å²) in [7, 11) is 0. The van der Waals surface area contributed by atoms with Gasteiger partial charge in [0.05, 0.1) is 11.3 Å². The molecule has 4 nitrogen and oxygen atoms in total. The Hall–Kier alpha value is -1.23. The van der Waals surface area contributed by atoms with E-state index >= 15 is 0 Å². The predicted octanol–water partition coefficient (Wildman–Crippen LogP) is 3.23. The van der Waals surface area contributed by atoms with Crippen molar-refractivity contribution in [2.45, 2.75) is 65.3 Å². The first kappa shape index (κ1) is 16.1. The Morgan fingerprint density at radius 3 is 2.38 bits per heavy atom. The molecule has 1 saturated carbocycles. The smallest absolute Gasteiger partial charge is 0.159 e. The van der Waals surface area contributed by atoms with Crippen molar-refractivity contribution in [1.29, 1.82) is 0 Å². The van der Waals surface area contributed by atoms with Crippen LogP contribution in [0.2, 0.25) is 0 Å². The SMILES string of the molecule is CCc1nnc(NC2CCC(C)CC2)c(C(N)=S)c1CC. The zero-order valence-electron chi connectivity index (χ0n) is 13.3. The fraction of sp³-hybridized carbons (Fsp3) is 0.688. The van der Waals surface area contributed by atoms with Gasteiger partial charge in [-0.1, -0.05) is 33.0 Å². The number of hydrogen-bond donors (Lipinski definition) is 2. The average molecular weight is 306 g/mol. The Morgan fingerprint density at radius 1 is 1.19 bits per heavy atom. The Bertz CT molecular complexity index is 507. The maximum Gasteiger partial charge on any atom is 0.159 e. The lowest BCUT2D eigenvalue weighted by atomic mass is 9.87. The van der Waals surface area contributed by atoms with Crippen molar-refractivity contribution < 1.29 is 0 Å². The molecule has 0 aliphatic heterocycles. The van der Waals surface area contributed by atoms with Crippen LogP contribution >= 0.6 is 12.2 Å². The van der Waals surface area contributed by atoms with Crippen molar-refractivity contribution >= 4 is 23.0 Å². The van der Waals surface area contributed by atoms with Crippen molar-refractivity contribution in [3.63, 3.8) is 0 Å². The van der Waals surface area contributed by atoms with Gasteiger partial charge in [0.1, 0.15) is 4.99 Å². The fourth-order valence-corrected chi connectivity index (χ4v) is 3.36. The normalized spacial score (nSPS) is 22.0. The van der Waals surface area contributed by atoms with E-state index in [9.17, 15) is 0 Å². The molecular weight excluding hydrogens is 280 g/mol. The first-order chi connectivity index (χ1) is 10.1. The summed E-state index contributed by atoms with van der Waals surface area (Å²) in [5, 5.41) is 12.3. The molecule has 2 rings (SSSR count). The standard InChI is InChI=1S/C16H26N4S/c1-4-12-13(5-2)19-20-16(14(12)15(17)21)18-11-8-6-10(3)7-9-11/h10-11H,4-9H2,1-3H3,(H2,17,21)(H,18,20). The highest BCUT2D eigenvalue weighted by molar-refractivity contribution is 7.80. The first-order valence-corrected chi connectivity index (χ1v) is 8.42. The number of anilines is 1. The molecule has 1 aromatic heterocycles. The van der Waals surface area contributed by atoms with Crippen LogP contribution in [0.15, 0.2) is 0 Å². The molecule has 0 radical (unpaired) electrons. The maximum absolute atomic E-state index is 5.97. The van der Waals surface area contributed by atoms with Crippen LogP contribution in [0.25, 0.3) is 0 Å². The van der Waals surface area contributed by atoms with E-state index in [-0.39, 0.29) is 0 Å². The summed E-state index contributed by atoms with van der Waals surface area (Å²) >= 11 is 5.27. The molecule has 0 spiro atoms. The number of nitrogens with two attached hydrogens (primary N) is 1. The van der Waals surface area contributed by atoms with E-state index in [0.717, 1.165) is 41.4 Å². The van der Waals surface area contributed by atoms with Crippen molar-refractivity contribution in [3.05, 3.63) is 16.8 Å². The number of nitrogens with zero attached hydrogens (tertiary/aromatic N) is 2.